The number of hydrogen-bond donors (Lipinski definition) is 2. The second-order valence-corrected chi connectivity index (χ2v) is 7.37. The first-order valence-corrected chi connectivity index (χ1v) is 9.83. The van der Waals surface area contributed by atoms with E-state index in [2.05, 4.69) is 5.32 Å². The number of rotatable bonds is 4. The van der Waals surface area contributed by atoms with Gasteiger partial charge in [-0.3, -0.25) is 9.69 Å². The quantitative estimate of drug-likeness (QED) is 0.813. The molecule has 0 aromatic heterocycles. The predicted molar refractivity (Wildman–Crippen MR) is 101 cm³/mol. The number of hydrogen-bond acceptors (Lipinski definition) is 4. The molecule has 1 aromatic rings. The number of carbonyl (C=O) groups is 2. The number of ether oxygens (including phenoxy) is 1. The first kappa shape index (κ1) is 20.5. The molecule has 1 unspecified atom stereocenters. The first-order chi connectivity index (χ1) is 13.6. The van der Waals surface area contributed by atoms with Crippen molar-refractivity contribution in [3.05, 3.63) is 35.6 Å². The van der Waals surface area contributed by atoms with Crippen LogP contribution < -0.4 is 5.32 Å². The average molecular weight is 393 g/mol. The van der Waals surface area contributed by atoms with Crippen molar-refractivity contribution in [1.82, 2.24) is 15.1 Å². The summed E-state index contributed by atoms with van der Waals surface area (Å²) in [5.41, 5.74) is 1.04. The molecule has 0 saturated carbocycles. The maximum Gasteiger partial charge on any atom is 0.321 e. The van der Waals surface area contributed by atoms with E-state index in [-0.39, 0.29) is 43.6 Å². The fourth-order valence-corrected chi connectivity index (χ4v) is 4.06. The van der Waals surface area contributed by atoms with Crippen LogP contribution in [-0.4, -0.2) is 73.0 Å². The lowest BCUT2D eigenvalue weighted by Crippen LogP contribution is -2.51. The minimum atomic E-state index is -0.265. The Kier molecular flexibility index (Phi) is 7.22. The van der Waals surface area contributed by atoms with E-state index in [1.165, 1.54) is 12.1 Å². The van der Waals surface area contributed by atoms with Gasteiger partial charge in [-0.25, -0.2) is 9.18 Å². The Morgan fingerprint density at radius 3 is 2.61 bits per heavy atom. The van der Waals surface area contributed by atoms with Crippen LogP contribution in [0.4, 0.5) is 9.18 Å². The summed E-state index contributed by atoms with van der Waals surface area (Å²) in [6, 6.07) is 6.42. The number of amides is 3. The molecule has 154 valence electrons. The molecule has 0 aliphatic carbocycles. The Balaban J connectivity index is 1.56. The molecule has 8 heteroatoms. The average Bonchev–Trinajstić information content (AvgIpc) is 2.69. The third-order valence-electron chi connectivity index (χ3n) is 5.57. The van der Waals surface area contributed by atoms with Gasteiger partial charge in [-0.05, 0) is 48.8 Å². The normalized spacial score (nSPS) is 20.3. The van der Waals surface area contributed by atoms with Gasteiger partial charge in [0.2, 0.25) is 5.91 Å². The largest absolute Gasteiger partial charge is 0.396 e. The lowest BCUT2D eigenvalue weighted by Gasteiger charge is -2.38. The van der Waals surface area contributed by atoms with Gasteiger partial charge in [0, 0.05) is 32.8 Å². The van der Waals surface area contributed by atoms with Gasteiger partial charge < -0.3 is 20.1 Å². The van der Waals surface area contributed by atoms with E-state index in [1.807, 2.05) is 4.90 Å². The molecule has 7 nitrogen and oxygen atoms in total. The molecule has 3 amide bonds. The van der Waals surface area contributed by atoms with Gasteiger partial charge >= 0.3 is 6.03 Å². The third kappa shape index (κ3) is 5.20. The van der Waals surface area contributed by atoms with Gasteiger partial charge in [0.15, 0.2) is 0 Å². The number of aliphatic hydroxyl groups is 1. The van der Waals surface area contributed by atoms with E-state index in [0.717, 1.165) is 18.4 Å². The van der Waals surface area contributed by atoms with Gasteiger partial charge in [-0.2, -0.15) is 0 Å². The van der Waals surface area contributed by atoms with Crippen molar-refractivity contribution in [3.8, 4) is 0 Å². The van der Waals surface area contributed by atoms with Crippen LogP contribution in [0.1, 0.15) is 30.7 Å². The predicted octanol–water partition coefficient (Wildman–Crippen LogP) is 1.53. The maximum atomic E-state index is 13.2. The SMILES string of the molecule is O=C1COCN(C(=O)N2CCC(C(CCO)c3ccc(F)cc3)CC2)CCN1. The number of halogens is 1. The highest BCUT2D eigenvalue weighted by Gasteiger charge is 2.31. The van der Waals surface area contributed by atoms with Crippen molar-refractivity contribution in [1.29, 1.82) is 0 Å². The standard InChI is InChI=1S/C20H28FN3O4/c21-17-3-1-15(2-4-17)18(7-12-25)16-5-9-23(10-6-16)20(27)24-11-8-22-19(26)13-28-14-24/h1-4,16,18,25H,5-14H2,(H,22,26). The van der Waals surface area contributed by atoms with E-state index in [0.29, 0.717) is 38.5 Å². The van der Waals surface area contributed by atoms with Crippen molar-refractivity contribution in [2.75, 3.05) is 46.1 Å². The van der Waals surface area contributed by atoms with Crippen LogP contribution >= 0.6 is 0 Å². The van der Waals surface area contributed by atoms with E-state index >= 15 is 0 Å². The van der Waals surface area contributed by atoms with Crippen molar-refractivity contribution in [2.24, 2.45) is 5.92 Å². The Morgan fingerprint density at radius 1 is 1.21 bits per heavy atom. The number of nitrogens with zero attached hydrogens (tertiary/aromatic N) is 2. The third-order valence-corrected chi connectivity index (χ3v) is 5.57. The molecule has 2 N–H and O–H groups in total. The zero-order valence-corrected chi connectivity index (χ0v) is 16.0. The monoisotopic (exact) mass is 393 g/mol. The van der Waals surface area contributed by atoms with Gasteiger partial charge in [-0.1, -0.05) is 12.1 Å². The molecule has 2 heterocycles. The van der Waals surface area contributed by atoms with E-state index < -0.39 is 0 Å². The van der Waals surface area contributed by atoms with Crippen LogP contribution in [-0.2, 0) is 9.53 Å². The Morgan fingerprint density at radius 2 is 1.93 bits per heavy atom. The fourth-order valence-electron chi connectivity index (χ4n) is 4.06. The molecule has 1 aromatic carbocycles. The van der Waals surface area contributed by atoms with Crippen LogP contribution in [0.25, 0.3) is 0 Å². The number of benzene rings is 1. The van der Waals surface area contributed by atoms with Crippen LogP contribution in [0.15, 0.2) is 24.3 Å². The molecule has 2 saturated heterocycles. The minimum Gasteiger partial charge on any atom is -0.396 e. The maximum absolute atomic E-state index is 13.2. The molecular weight excluding hydrogens is 365 g/mol. The number of piperidine rings is 1. The van der Waals surface area contributed by atoms with Gasteiger partial charge in [0.1, 0.15) is 19.2 Å². The summed E-state index contributed by atoms with van der Waals surface area (Å²) in [5, 5.41) is 12.2. The molecule has 0 radical (unpaired) electrons. The van der Waals surface area contributed by atoms with E-state index in [4.69, 9.17) is 4.74 Å². The Bertz CT molecular complexity index is 650. The van der Waals surface area contributed by atoms with Crippen LogP contribution in [0, 0.1) is 11.7 Å². The van der Waals surface area contributed by atoms with Crippen LogP contribution in [0.2, 0.25) is 0 Å². The first-order valence-electron chi connectivity index (χ1n) is 9.83. The van der Waals surface area contributed by atoms with E-state index in [1.54, 1.807) is 17.0 Å². The zero-order chi connectivity index (χ0) is 19.9. The smallest absolute Gasteiger partial charge is 0.321 e. The highest BCUT2D eigenvalue weighted by Crippen LogP contribution is 2.35. The molecule has 3 rings (SSSR count). The molecule has 0 spiro atoms. The molecule has 28 heavy (non-hydrogen) atoms. The Labute approximate surface area is 164 Å². The highest BCUT2D eigenvalue weighted by molar-refractivity contribution is 5.78. The Hall–Kier alpha value is -2.19. The molecule has 0 bridgehead atoms. The second-order valence-electron chi connectivity index (χ2n) is 7.37. The number of nitrogens with one attached hydrogen (secondary N) is 1. The summed E-state index contributed by atoms with van der Waals surface area (Å²) in [6.07, 6.45) is 2.29. The molecule has 2 fully saturated rings. The van der Waals surface area contributed by atoms with Gasteiger partial charge in [0.25, 0.3) is 0 Å². The van der Waals surface area contributed by atoms with Crippen molar-refractivity contribution in [3.63, 3.8) is 0 Å². The van der Waals surface area contributed by atoms with Crippen LogP contribution in [0.3, 0.4) is 0 Å². The summed E-state index contributed by atoms with van der Waals surface area (Å²) in [7, 11) is 0. The van der Waals surface area contributed by atoms with Gasteiger partial charge in [0.05, 0.1) is 0 Å². The van der Waals surface area contributed by atoms with Gasteiger partial charge in [-0.15, -0.1) is 0 Å². The molecule has 2 aliphatic rings. The lowest BCUT2D eigenvalue weighted by molar-refractivity contribution is -0.128. The number of carbonyl (C=O) groups excluding carboxylic acids is 2. The van der Waals surface area contributed by atoms with E-state index in [9.17, 15) is 19.1 Å². The second kappa shape index (κ2) is 9.84. The zero-order valence-electron chi connectivity index (χ0n) is 16.0. The summed E-state index contributed by atoms with van der Waals surface area (Å²) >= 11 is 0. The summed E-state index contributed by atoms with van der Waals surface area (Å²) in [4.78, 5) is 27.5. The van der Waals surface area contributed by atoms with Crippen LogP contribution in [0.5, 0.6) is 0 Å². The number of urea groups is 1. The topological polar surface area (TPSA) is 82.1 Å². The minimum absolute atomic E-state index is 0.0354. The fraction of sp³-hybridized carbons (Fsp3) is 0.600. The lowest BCUT2D eigenvalue weighted by atomic mass is 9.78. The molecular formula is C20H28FN3O4. The number of likely N-dealkylation sites (tertiary alicyclic amines) is 1. The van der Waals surface area contributed by atoms with Crippen molar-refractivity contribution < 1.29 is 23.8 Å². The van der Waals surface area contributed by atoms with Crippen molar-refractivity contribution >= 4 is 11.9 Å². The van der Waals surface area contributed by atoms with Crippen molar-refractivity contribution in [2.45, 2.75) is 25.2 Å². The summed E-state index contributed by atoms with van der Waals surface area (Å²) in [5.74, 6) is 0.0647. The summed E-state index contributed by atoms with van der Waals surface area (Å²) < 4.78 is 18.5. The molecule has 1 atom stereocenters. The number of aliphatic hydroxyl groups excluding tert-OH is 1. The highest BCUT2D eigenvalue weighted by atomic mass is 19.1. The molecule has 2 aliphatic heterocycles. The summed E-state index contributed by atoms with van der Waals surface area (Å²) in [6.45, 7) is 2.28.